The molecule has 1 unspecified atom stereocenters. The Morgan fingerprint density at radius 3 is 2.69 bits per heavy atom. The molecule has 2 nitrogen and oxygen atoms in total. The van der Waals surface area contributed by atoms with Gasteiger partial charge in [0.15, 0.2) is 0 Å². The van der Waals surface area contributed by atoms with E-state index < -0.39 is 0 Å². The standard InChI is InChI=1S/C14H20O2/c1-3-6-13(15)10-11(2)9-12-7-4-5-8-14(12)16/h4-5,7-8,11,16H,3,6,9-10H2,1-2H3. The van der Waals surface area contributed by atoms with Crippen molar-refractivity contribution in [2.45, 2.75) is 39.5 Å². The average Bonchev–Trinajstić information content (AvgIpc) is 2.21. The molecule has 0 aliphatic rings. The van der Waals surface area contributed by atoms with Crippen molar-refractivity contribution in [2.24, 2.45) is 5.92 Å². The highest BCUT2D eigenvalue weighted by molar-refractivity contribution is 5.78. The van der Waals surface area contributed by atoms with Gasteiger partial charge in [0, 0.05) is 12.8 Å². The number of ketones is 1. The molecule has 1 N–H and O–H groups in total. The van der Waals surface area contributed by atoms with Crippen molar-refractivity contribution in [3.8, 4) is 5.75 Å². The van der Waals surface area contributed by atoms with Crippen molar-refractivity contribution in [2.75, 3.05) is 0 Å². The number of hydrogen-bond donors (Lipinski definition) is 1. The summed E-state index contributed by atoms with van der Waals surface area (Å²) in [6, 6.07) is 7.33. The van der Waals surface area contributed by atoms with Crippen LogP contribution < -0.4 is 0 Å². The van der Waals surface area contributed by atoms with Gasteiger partial charge in [-0.1, -0.05) is 32.0 Å². The van der Waals surface area contributed by atoms with Crippen LogP contribution in [0, 0.1) is 5.92 Å². The molecule has 0 radical (unpaired) electrons. The lowest BCUT2D eigenvalue weighted by molar-refractivity contribution is -0.119. The van der Waals surface area contributed by atoms with Gasteiger partial charge in [-0.05, 0) is 30.4 Å². The van der Waals surface area contributed by atoms with Crippen molar-refractivity contribution in [3.05, 3.63) is 29.8 Å². The van der Waals surface area contributed by atoms with Crippen LogP contribution in [0.5, 0.6) is 5.75 Å². The maximum absolute atomic E-state index is 11.5. The molecule has 0 saturated carbocycles. The SMILES string of the molecule is CCCC(=O)CC(C)Cc1ccccc1O. The van der Waals surface area contributed by atoms with Gasteiger partial charge in [-0.25, -0.2) is 0 Å². The number of phenols is 1. The number of carbonyl (C=O) groups is 1. The molecular weight excluding hydrogens is 200 g/mol. The number of carbonyl (C=O) groups excluding carboxylic acids is 1. The predicted molar refractivity (Wildman–Crippen MR) is 65.5 cm³/mol. The molecule has 1 aromatic rings. The number of aromatic hydroxyl groups is 1. The number of benzene rings is 1. The van der Waals surface area contributed by atoms with Crippen LogP contribution in [0.2, 0.25) is 0 Å². The number of hydrogen-bond acceptors (Lipinski definition) is 2. The van der Waals surface area contributed by atoms with Crippen LogP contribution in [0.1, 0.15) is 38.7 Å². The first-order valence-electron chi connectivity index (χ1n) is 5.92. The third-order valence-corrected chi connectivity index (χ3v) is 2.66. The second-order valence-electron chi connectivity index (χ2n) is 4.43. The molecule has 0 bridgehead atoms. The smallest absolute Gasteiger partial charge is 0.133 e. The number of phenolic OH excluding ortho intramolecular Hbond substituents is 1. The second-order valence-corrected chi connectivity index (χ2v) is 4.43. The van der Waals surface area contributed by atoms with Crippen molar-refractivity contribution in [3.63, 3.8) is 0 Å². The monoisotopic (exact) mass is 220 g/mol. The normalized spacial score (nSPS) is 12.4. The van der Waals surface area contributed by atoms with E-state index in [9.17, 15) is 9.90 Å². The van der Waals surface area contributed by atoms with Gasteiger partial charge in [-0.2, -0.15) is 0 Å². The lowest BCUT2D eigenvalue weighted by atomic mass is 9.94. The van der Waals surface area contributed by atoms with Gasteiger partial charge in [0.05, 0.1) is 0 Å². The Morgan fingerprint density at radius 1 is 1.38 bits per heavy atom. The minimum absolute atomic E-state index is 0.298. The molecule has 2 heteroatoms. The fourth-order valence-corrected chi connectivity index (χ4v) is 1.90. The highest BCUT2D eigenvalue weighted by Gasteiger charge is 2.10. The first-order valence-corrected chi connectivity index (χ1v) is 5.92. The highest BCUT2D eigenvalue weighted by atomic mass is 16.3. The topological polar surface area (TPSA) is 37.3 Å². The van der Waals surface area contributed by atoms with Crippen LogP contribution in [0.25, 0.3) is 0 Å². The number of para-hydroxylation sites is 1. The average molecular weight is 220 g/mol. The molecule has 16 heavy (non-hydrogen) atoms. The third-order valence-electron chi connectivity index (χ3n) is 2.66. The van der Waals surface area contributed by atoms with E-state index in [2.05, 4.69) is 6.92 Å². The molecule has 1 aromatic carbocycles. The van der Waals surface area contributed by atoms with E-state index in [-0.39, 0.29) is 0 Å². The predicted octanol–water partition coefficient (Wildman–Crippen LogP) is 3.33. The van der Waals surface area contributed by atoms with Crippen molar-refractivity contribution < 1.29 is 9.90 Å². The van der Waals surface area contributed by atoms with Crippen LogP contribution in [-0.4, -0.2) is 10.9 Å². The molecule has 0 spiro atoms. The first kappa shape index (κ1) is 12.8. The van der Waals surface area contributed by atoms with E-state index in [0.29, 0.717) is 30.3 Å². The van der Waals surface area contributed by atoms with Crippen molar-refractivity contribution in [1.82, 2.24) is 0 Å². The number of rotatable bonds is 6. The minimum Gasteiger partial charge on any atom is -0.508 e. The fraction of sp³-hybridized carbons (Fsp3) is 0.500. The van der Waals surface area contributed by atoms with Crippen LogP contribution in [0.4, 0.5) is 0 Å². The van der Waals surface area contributed by atoms with E-state index in [4.69, 9.17) is 0 Å². The minimum atomic E-state index is 0.298. The van der Waals surface area contributed by atoms with Crippen LogP contribution in [0.15, 0.2) is 24.3 Å². The summed E-state index contributed by atoms with van der Waals surface area (Å²) in [6.07, 6.45) is 2.97. The summed E-state index contributed by atoms with van der Waals surface area (Å²) in [6.45, 7) is 4.07. The summed E-state index contributed by atoms with van der Waals surface area (Å²) in [5, 5.41) is 9.61. The molecular formula is C14H20O2. The Labute approximate surface area is 97.3 Å². The van der Waals surface area contributed by atoms with Gasteiger partial charge >= 0.3 is 0 Å². The molecule has 0 aliphatic carbocycles. The summed E-state index contributed by atoms with van der Waals surface area (Å²) < 4.78 is 0. The first-order chi connectivity index (χ1) is 7.63. The zero-order valence-electron chi connectivity index (χ0n) is 10.1. The highest BCUT2D eigenvalue weighted by Crippen LogP contribution is 2.21. The fourth-order valence-electron chi connectivity index (χ4n) is 1.90. The van der Waals surface area contributed by atoms with Gasteiger partial charge in [0.2, 0.25) is 0 Å². The summed E-state index contributed by atoms with van der Waals surface area (Å²) in [5.41, 5.74) is 0.930. The molecule has 0 fully saturated rings. The van der Waals surface area contributed by atoms with Crippen molar-refractivity contribution in [1.29, 1.82) is 0 Å². The third kappa shape index (κ3) is 4.05. The van der Waals surface area contributed by atoms with E-state index in [1.165, 1.54) is 0 Å². The van der Waals surface area contributed by atoms with E-state index >= 15 is 0 Å². The largest absolute Gasteiger partial charge is 0.508 e. The Morgan fingerprint density at radius 2 is 2.06 bits per heavy atom. The Kier molecular flexibility index (Phi) is 5.03. The second kappa shape index (κ2) is 6.31. The molecule has 0 amide bonds. The van der Waals surface area contributed by atoms with Gasteiger partial charge in [-0.15, -0.1) is 0 Å². The van der Waals surface area contributed by atoms with Gasteiger partial charge in [0.25, 0.3) is 0 Å². The maximum Gasteiger partial charge on any atom is 0.133 e. The van der Waals surface area contributed by atoms with Gasteiger partial charge in [0.1, 0.15) is 11.5 Å². The van der Waals surface area contributed by atoms with E-state index in [1.54, 1.807) is 6.07 Å². The summed E-state index contributed by atoms with van der Waals surface area (Å²) >= 11 is 0. The van der Waals surface area contributed by atoms with E-state index in [1.807, 2.05) is 25.1 Å². The molecule has 0 aliphatic heterocycles. The Bertz CT molecular complexity index is 344. The Balaban J connectivity index is 2.48. The van der Waals surface area contributed by atoms with Crippen LogP contribution in [0.3, 0.4) is 0 Å². The lowest BCUT2D eigenvalue weighted by Crippen LogP contribution is -2.07. The molecule has 0 aromatic heterocycles. The summed E-state index contributed by atoms with van der Waals surface area (Å²) in [5.74, 6) is 0.954. The summed E-state index contributed by atoms with van der Waals surface area (Å²) in [7, 11) is 0. The molecule has 1 rings (SSSR count). The molecule has 88 valence electrons. The number of Topliss-reactive ketones (excluding diaryl/α,β-unsaturated/α-hetero) is 1. The van der Waals surface area contributed by atoms with Crippen molar-refractivity contribution >= 4 is 5.78 Å². The molecule has 1 atom stereocenters. The zero-order chi connectivity index (χ0) is 12.0. The van der Waals surface area contributed by atoms with Crippen LogP contribution in [-0.2, 0) is 11.2 Å². The summed E-state index contributed by atoms with van der Waals surface area (Å²) in [4.78, 5) is 11.5. The molecule has 0 saturated heterocycles. The Hall–Kier alpha value is -1.31. The van der Waals surface area contributed by atoms with E-state index in [0.717, 1.165) is 18.4 Å². The molecule has 0 heterocycles. The lowest BCUT2D eigenvalue weighted by Gasteiger charge is -2.11. The quantitative estimate of drug-likeness (QED) is 0.798. The zero-order valence-corrected chi connectivity index (χ0v) is 10.1. The maximum atomic E-state index is 11.5. The van der Waals surface area contributed by atoms with Gasteiger partial charge < -0.3 is 5.11 Å². The van der Waals surface area contributed by atoms with Crippen LogP contribution >= 0.6 is 0 Å². The van der Waals surface area contributed by atoms with Gasteiger partial charge in [-0.3, -0.25) is 4.79 Å².